The molecule has 24 heavy (non-hydrogen) atoms. The summed E-state index contributed by atoms with van der Waals surface area (Å²) in [6.45, 7) is 3.90. The van der Waals surface area contributed by atoms with Crippen LogP contribution in [-0.2, 0) is 4.74 Å². The fourth-order valence-corrected chi connectivity index (χ4v) is 3.42. The van der Waals surface area contributed by atoms with Gasteiger partial charge >= 0.3 is 0 Å². The van der Waals surface area contributed by atoms with Gasteiger partial charge in [0.05, 0.1) is 6.10 Å². The van der Waals surface area contributed by atoms with Crippen molar-refractivity contribution in [2.75, 3.05) is 26.2 Å². The van der Waals surface area contributed by atoms with Crippen molar-refractivity contribution >= 4 is 11.7 Å². The van der Waals surface area contributed by atoms with Crippen LogP contribution in [0.3, 0.4) is 0 Å². The monoisotopic (exact) mass is 330 g/mol. The van der Waals surface area contributed by atoms with Gasteiger partial charge in [-0.25, -0.2) is 9.50 Å². The van der Waals surface area contributed by atoms with Crippen molar-refractivity contribution in [2.45, 2.75) is 37.8 Å². The number of carbonyl (C=O) groups excluding carboxylic acids is 1. The molecule has 1 N–H and O–H groups in total. The first kappa shape index (κ1) is 15.5. The van der Waals surface area contributed by atoms with Gasteiger partial charge in [-0.2, -0.15) is 4.98 Å². The number of ether oxygens (including phenoxy) is 1. The van der Waals surface area contributed by atoms with Crippen molar-refractivity contribution in [3.8, 4) is 0 Å². The predicted molar refractivity (Wildman–Crippen MR) is 86.7 cm³/mol. The summed E-state index contributed by atoms with van der Waals surface area (Å²) in [7, 11) is 0. The Labute approximate surface area is 140 Å². The van der Waals surface area contributed by atoms with E-state index in [9.17, 15) is 4.79 Å². The lowest BCUT2D eigenvalue weighted by Crippen LogP contribution is -2.46. The summed E-state index contributed by atoms with van der Waals surface area (Å²) < 4.78 is 7.21. The van der Waals surface area contributed by atoms with Crippen LogP contribution in [0.2, 0.25) is 0 Å². The number of piperidine rings is 1. The number of hydrogen-bond acceptors (Lipinski definition) is 6. The first-order valence-electron chi connectivity index (χ1n) is 8.60. The maximum atomic E-state index is 12.3. The zero-order valence-electron chi connectivity index (χ0n) is 13.6. The Morgan fingerprint density at radius 2 is 2.21 bits per heavy atom. The lowest BCUT2D eigenvalue weighted by atomic mass is 10.0. The maximum absolute atomic E-state index is 12.3. The highest BCUT2D eigenvalue weighted by atomic mass is 16.5. The standard InChI is InChI=1S/C16H22N6O2/c23-15(14-19-16-17-6-2-7-22(16)20-14)18-12-4-8-21(9-5-12)11-13-3-1-10-24-13/h2,6-7,12-13H,1,3-5,8-11H2,(H,18,23). The van der Waals surface area contributed by atoms with Crippen LogP contribution in [0.1, 0.15) is 36.3 Å². The number of likely N-dealkylation sites (tertiary alicyclic amines) is 1. The minimum atomic E-state index is -0.224. The smallest absolute Gasteiger partial charge is 0.291 e. The molecule has 0 radical (unpaired) electrons. The molecule has 2 saturated heterocycles. The van der Waals surface area contributed by atoms with E-state index in [4.69, 9.17) is 4.74 Å². The third-order valence-corrected chi connectivity index (χ3v) is 4.73. The molecular formula is C16H22N6O2. The zero-order valence-corrected chi connectivity index (χ0v) is 13.6. The molecule has 8 nitrogen and oxygen atoms in total. The minimum absolute atomic E-state index is 0.176. The summed E-state index contributed by atoms with van der Waals surface area (Å²) in [5.74, 6) is 0.391. The number of hydrogen-bond donors (Lipinski definition) is 1. The third kappa shape index (κ3) is 3.39. The average molecular weight is 330 g/mol. The second-order valence-electron chi connectivity index (χ2n) is 6.48. The van der Waals surface area contributed by atoms with Gasteiger partial charge in [0.1, 0.15) is 0 Å². The molecule has 0 spiro atoms. The van der Waals surface area contributed by atoms with Crippen molar-refractivity contribution in [3.05, 3.63) is 24.3 Å². The lowest BCUT2D eigenvalue weighted by molar-refractivity contribution is 0.0612. The highest BCUT2D eigenvalue weighted by Gasteiger charge is 2.25. The first-order valence-corrected chi connectivity index (χ1v) is 8.60. The number of aromatic nitrogens is 4. The number of rotatable bonds is 4. The Morgan fingerprint density at radius 3 is 2.96 bits per heavy atom. The molecule has 4 heterocycles. The van der Waals surface area contributed by atoms with Gasteiger partial charge in [-0.1, -0.05) is 0 Å². The SMILES string of the molecule is O=C(NC1CCN(CC2CCCO2)CC1)c1nc2ncccn2n1. The van der Waals surface area contributed by atoms with Crippen LogP contribution in [0.5, 0.6) is 0 Å². The Hall–Kier alpha value is -2.06. The molecule has 0 saturated carbocycles. The van der Waals surface area contributed by atoms with Crippen LogP contribution in [0, 0.1) is 0 Å². The van der Waals surface area contributed by atoms with Crippen LogP contribution < -0.4 is 5.32 Å². The Kier molecular flexibility index (Phi) is 4.40. The largest absolute Gasteiger partial charge is 0.377 e. The molecular weight excluding hydrogens is 308 g/mol. The molecule has 1 unspecified atom stereocenters. The highest BCUT2D eigenvalue weighted by Crippen LogP contribution is 2.17. The van der Waals surface area contributed by atoms with Crippen LogP contribution in [0.15, 0.2) is 18.5 Å². The highest BCUT2D eigenvalue weighted by molar-refractivity contribution is 5.91. The summed E-state index contributed by atoms with van der Waals surface area (Å²) in [4.78, 5) is 23.0. The van der Waals surface area contributed by atoms with Gasteiger partial charge in [-0.05, 0) is 31.7 Å². The average Bonchev–Trinajstić information content (AvgIpc) is 3.25. The first-order chi connectivity index (χ1) is 11.8. The number of nitrogens with zero attached hydrogens (tertiary/aromatic N) is 5. The van der Waals surface area contributed by atoms with Crippen molar-refractivity contribution in [2.24, 2.45) is 0 Å². The predicted octanol–water partition coefficient (Wildman–Crippen LogP) is 0.497. The fourth-order valence-electron chi connectivity index (χ4n) is 3.42. The number of carbonyl (C=O) groups is 1. The maximum Gasteiger partial charge on any atom is 0.291 e. The van der Waals surface area contributed by atoms with Crippen LogP contribution in [0.4, 0.5) is 0 Å². The van der Waals surface area contributed by atoms with E-state index >= 15 is 0 Å². The molecule has 8 heteroatoms. The van der Waals surface area contributed by atoms with Gasteiger partial charge < -0.3 is 15.0 Å². The van der Waals surface area contributed by atoms with Gasteiger partial charge in [0.15, 0.2) is 0 Å². The van der Waals surface area contributed by atoms with Gasteiger partial charge in [0.25, 0.3) is 11.7 Å². The van der Waals surface area contributed by atoms with Crippen LogP contribution in [-0.4, -0.2) is 68.8 Å². The van der Waals surface area contributed by atoms with Gasteiger partial charge in [0.2, 0.25) is 5.82 Å². The molecule has 2 aromatic heterocycles. The Balaban J connectivity index is 1.29. The molecule has 4 rings (SSSR count). The molecule has 2 aliphatic heterocycles. The van der Waals surface area contributed by atoms with E-state index in [0.29, 0.717) is 11.9 Å². The normalized spacial score (nSPS) is 22.9. The lowest BCUT2D eigenvalue weighted by Gasteiger charge is -2.33. The molecule has 0 bridgehead atoms. The fraction of sp³-hybridized carbons (Fsp3) is 0.625. The van der Waals surface area contributed by atoms with Gasteiger partial charge in [0, 0.05) is 44.7 Å². The van der Waals surface area contributed by atoms with Gasteiger partial charge in [-0.3, -0.25) is 4.79 Å². The summed E-state index contributed by atoms with van der Waals surface area (Å²) in [6.07, 6.45) is 8.01. The summed E-state index contributed by atoms with van der Waals surface area (Å²) >= 11 is 0. The molecule has 1 amide bonds. The van der Waals surface area contributed by atoms with Crippen LogP contribution >= 0.6 is 0 Å². The zero-order chi connectivity index (χ0) is 16.4. The van der Waals surface area contributed by atoms with Gasteiger partial charge in [-0.15, -0.1) is 5.10 Å². The summed E-state index contributed by atoms with van der Waals surface area (Å²) in [5.41, 5.74) is 0. The van der Waals surface area contributed by atoms with E-state index in [1.54, 1.807) is 18.5 Å². The third-order valence-electron chi connectivity index (χ3n) is 4.73. The molecule has 2 aromatic rings. The van der Waals surface area contributed by atoms with Crippen molar-refractivity contribution < 1.29 is 9.53 Å². The van der Waals surface area contributed by atoms with Crippen molar-refractivity contribution in [1.82, 2.24) is 29.8 Å². The number of fused-ring (bicyclic) bond motifs is 1. The van der Waals surface area contributed by atoms with E-state index < -0.39 is 0 Å². The summed E-state index contributed by atoms with van der Waals surface area (Å²) in [5, 5.41) is 7.21. The quantitative estimate of drug-likeness (QED) is 0.879. The topological polar surface area (TPSA) is 84.7 Å². The van der Waals surface area contributed by atoms with E-state index in [1.165, 1.54) is 17.4 Å². The molecule has 2 fully saturated rings. The Bertz CT molecular complexity index is 670. The molecule has 0 aromatic carbocycles. The molecule has 1 atom stereocenters. The minimum Gasteiger partial charge on any atom is -0.377 e. The van der Waals surface area contributed by atoms with E-state index in [2.05, 4.69) is 25.3 Å². The second-order valence-corrected chi connectivity index (χ2v) is 6.48. The number of amides is 1. The van der Waals surface area contributed by atoms with Crippen LogP contribution in [0.25, 0.3) is 5.78 Å². The molecule has 2 aliphatic rings. The molecule has 128 valence electrons. The second kappa shape index (κ2) is 6.82. The van der Waals surface area contributed by atoms with E-state index in [0.717, 1.165) is 39.1 Å². The van der Waals surface area contributed by atoms with Crippen molar-refractivity contribution in [3.63, 3.8) is 0 Å². The summed E-state index contributed by atoms with van der Waals surface area (Å²) in [6, 6.07) is 1.94. The Morgan fingerprint density at radius 1 is 1.33 bits per heavy atom. The number of nitrogens with one attached hydrogen (secondary N) is 1. The van der Waals surface area contributed by atoms with E-state index in [-0.39, 0.29) is 17.8 Å². The van der Waals surface area contributed by atoms with Crippen molar-refractivity contribution in [1.29, 1.82) is 0 Å². The molecule has 0 aliphatic carbocycles. The van der Waals surface area contributed by atoms with E-state index in [1.807, 2.05) is 0 Å².